The molecule has 0 aromatic heterocycles. The van der Waals surface area contributed by atoms with Gasteiger partial charge in [-0.1, -0.05) is 0 Å². The van der Waals surface area contributed by atoms with E-state index in [0.717, 1.165) is 42.6 Å². The quantitative estimate of drug-likeness (QED) is 0.256. The fourth-order valence-electron chi connectivity index (χ4n) is 9.32. The second-order valence-corrected chi connectivity index (χ2v) is 835. The van der Waals surface area contributed by atoms with Gasteiger partial charge in [0.25, 0.3) is 0 Å². The van der Waals surface area contributed by atoms with Crippen molar-refractivity contribution >= 4 is 70.7 Å². The van der Waals surface area contributed by atoms with Gasteiger partial charge in [0.05, 0.1) is 0 Å². The maximum absolute atomic E-state index is 7.48. The second kappa shape index (κ2) is 2.77. The van der Waals surface area contributed by atoms with Crippen LogP contribution in [0.5, 0.6) is 0 Å². The van der Waals surface area contributed by atoms with E-state index in [2.05, 4.69) is 101 Å². The molecule has 0 saturated heterocycles. The summed E-state index contributed by atoms with van der Waals surface area (Å²) in [5.41, 5.74) is 3.42. The Hall–Kier alpha value is 1.71. The largest absolute Gasteiger partial charge is 0.147 e. The standard InChI is InChI=1S/2C9H15Si.8CH3.2ClH.Hf.4H3Si/c2*1-10(2,3)8-9-6-4-5-7-9;;;;;;;;;;;;;;;/h2*4,6H,5,8H2,1-3H3;8*1H3;2*1H;;4*1H3. The van der Waals surface area contributed by atoms with Crippen molar-refractivity contribution in [3.8, 4) is 0 Å². The Morgan fingerprint density at radius 3 is 1.00 bits per heavy atom. The summed E-state index contributed by atoms with van der Waals surface area (Å²) in [6.45, 7) is 15.4. The van der Waals surface area contributed by atoms with E-state index < -0.39 is 18.1 Å². The molecule has 0 radical (unpaired) electrons. The monoisotopic (exact) mass is 798 g/mol. The van der Waals surface area contributed by atoms with Crippen LogP contribution in [0.2, 0.25) is 88.8 Å². The molecule has 0 saturated carbocycles. The van der Waals surface area contributed by atoms with Crippen LogP contribution >= 0.6 is 24.8 Å². The molecule has 214 valence electrons. The third kappa shape index (κ3) is 5.79. The van der Waals surface area contributed by atoms with Crippen molar-refractivity contribution in [1.82, 2.24) is 0 Å². The molecular formula is C26H68Cl2HfSi6. The van der Waals surface area contributed by atoms with Gasteiger partial charge in [0.15, 0.2) is 0 Å². The summed E-state index contributed by atoms with van der Waals surface area (Å²) >= 11 is 0. The van der Waals surface area contributed by atoms with E-state index in [4.69, 9.17) is 0 Å². The molecule has 0 aromatic carbocycles. The van der Waals surface area contributed by atoms with Gasteiger partial charge in [-0.25, -0.2) is 0 Å². The molecule has 0 atom stereocenters. The van der Waals surface area contributed by atoms with Crippen LogP contribution in [-0.4, -0.2) is 45.9 Å². The first-order chi connectivity index (χ1) is 12.3. The summed E-state index contributed by atoms with van der Waals surface area (Å²) in [5.74, 6) is 0. The predicted octanol–water partition coefficient (Wildman–Crippen LogP) is 6.95. The fraction of sp³-hybridized carbons (Fsp3) is 0.692. The van der Waals surface area contributed by atoms with E-state index in [1.54, 1.807) is 11.1 Å². The smallest absolute Gasteiger partial charge is 0.147 e. The van der Waals surface area contributed by atoms with Crippen LogP contribution in [-0.2, 0) is 1.95 Å². The van der Waals surface area contributed by atoms with Gasteiger partial charge in [0.2, 0.25) is 0 Å². The first-order valence-electron chi connectivity index (χ1n) is 14.2. The first kappa shape index (κ1) is 36.7. The van der Waals surface area contributed by atoms with Gasteiger partial charge in [0.1, 0.15) is 0 Å². The molecule has 2 rings (SSSR count). The van der Waals surface area contributed by atoms with Gasteiger partial charge in [-0.15, -0.1) is 24.8 Å². The summed E-state index contributed by atoms with van der Waals surface area (Å²) < 4.78 is 20.3. The average molecular weight is 799 g/mol. The van der Waals surface area contributed by atoms with Crippen molar-refractivity contribution < 1.29 is 1.95 Å². The third-order valence-electron chi connectivity index (χ3n) is 11.0. The van der Waals surface area contributed by atoms with Gasteiger partial charge >= 0.3 is 192 Å². The average Bonchev–Trinajstić information content (AvgIpc) is 2.90. The molecule has 0 fully saturated rings. The SMILES string of the molecule is C[Si](C)(C)CC1=[C]([Hf]([CH3])([CH3])([CH3])([CH3])([CH3])([CH3])([CH3])([CH3])([SiH3])([SiH3])([SiH3])([SiH3])[C]2=C(C[Si](C)(C)C)C=CC2)CC=C1.Cl.Cl. The summed E-state index contributed by atoms with van der Waals surface area (Å²) in [6, 6.07) is 2.57. The van der Waals surface area contributed by atoms with Crippen LogP contribution in [0.25, 0.3) is 0 Å². The van der Waals surface area contributed by atoms with Gasteiger partial charge in [0, 0.05) is 0 Å². The van der Waals surface area contributed by atoms with Crippen LogP contribution < -0.4 is 0 Å². The van der Waals surface area contributed by atoms with Crippen molar-refractivity contribution in [2.75, 3.05) is 0 Å². The minimum absolute atomic E-state index is 0. The van der Waals surface area contributed by atoms with Crippen LogP contribution in [0.4, 0.5) is 0 Å². The Morgan fingerprint density at radius 1 is 0.571 bits per heavy atom. The molecule has 0 nitrogen and oxygen atoms in total. The summed E-state index contributed by atoms with van der Waals surface area (Å²) in [4.78, 5) is 0. The fourth-order valence-corrected chi connectivity index (χ4v) is 98.5. The molecule has 0 spiro atoms. The van der Waals surface area contributed by atoms with E-state index in [-0.39, 0.29) is 24.8 Å². The number of hydrogen-bond acceptors (Lipinski definition) is 0. The van der Waals surface area contributed by atoms with E-state index in [1.807, 2.05) is 6.66 Å². The van der Waals surface area contributed by atoms with Crippen LogP contribution in [0.1, 0.15) is 12.8 Å². The Labute approximate surface area is 214 Å². The zero-order valence-corrected chi connectivity index (χ0v) is 42.7. The normalized spacial score (nSPS) is 35.0. The molecule has 0 N–H and O–H groups in total. The topological polar surface area (TPSA) is 0 Å². The van der Waals surface area contributed by atoms with E-state index in [9.17, 15) is 0 Å². The molecule has 0 unspecified atom stereocenters. The van der Waals surface area contributed by atoms with Crippen molar-refractivity contribution in [3.63, 3.8) is 0 Å². The van der Waals surface area contributed by atoms with Crippen LogP contribution in [0.3, 0.4) is 0 Å². The minimum Gasteiger partial charge on any atom is -0.147 e. The van der Waals surface area contributed by atoms with Gasteiger partial charge < -0.3 is 0 Å². The Morgan fingerprint density at radius 2 is 0.800 bits per heavy atom. The van der Waals surface area contributed by atoms with Crippen LogP contribution in [0, 0.1) is 0 Å². The molecule has 0 aromatic rings. The molecule has 35 heavy (non-hydrogen) atoms. The maximum Gasteiger partial charge on any atom is -0.147 e. The Balaban J connectivity index is 0.00000578. The second-order valence-electron chi connectivity index (χ2n) is 47.8. The van der Waals surface area contributed by atoms with Gasteiger partial charge in [-0.2, -0.15) is 0 Å². The molecule has 0 heterocycles. The summed E-state index contributed by atoms with van der Waals surface area (Å²) in [7, 11) is 1.68. The third-order valence-corrected chi connectivity index (χ3v) is 111. The number of halogens is 2. The van der Waals surface area contributed by atoms with Crippen molar-refractivity contribution in [2.45, 2.75) is 102 Å². The summed E-state index contributed by atoms with van der Waals surface area (Å²) in [5, 5.41) is 0. The van der Waals surface area contributed by atoms with E-state index >= 15 is 0 Å². The van der Waals surface area contributed by atoms with Crippen molar-refractivity contribution in [1.29, 1.82) is 0 Å². The number of allylic oxidation sites excluding steroid dienone is 8. The predicted molar refractivity (Wildman–Crippen MR) is 199 cm³/mol. The Bertz CT molecular complexity index is 1420. The number of rotatable bonds is 6. The first-order valence-corrected chi connectivity index (χ1v) is 101. The van der Waals surface area contributed by atoms with Crippen molar-refractivity contribution in [3.05, 3.63) is 42.1 Å². The molecule has 2 aliphatic carbocycles. The van der Waals surface area contributed by atoms with E-state index in [0.29, 0.717) is 0 Å². The molecule has 0 aliphatic heterocycles. The number of hydrogen-bond donors (Lipinski definition) is 0. The van der Waals surface area contributed by atoms with Gasteiger partial charge in [-0.05, 0) is 0 Å². The molecule has 2 aliphatic rings. The molecule has 0 amide bonds. The molecule has 9 heteroatoms. The minimum atomic E-state index is -7.48. The maximum atomic E-state index is 3.01. The summed E-state index contributed by atoms with van der Waals surface area (Å²) in [6.07, 6.45) is 12.5. The Kier molecular flexibility index (Phi) is 2.90. The molecule has 0 bridgehead atoms. The molecular weight excluding hydrogens is 730 g/mol. The zero-order valence-electron chi connectivity index (χ0n) is 27.5. The van der Waals surface area contributed by atoms with Gasteiger partial charge in [-0.3, -0.25) is 0 Å². The van der Waals surface area contributed by atoms with Crippen LogP contribution in [0.15, 0.2) is 42.1 Å². The zero-order chi connectivity index (χ0) is 27.2. The van der Waals surface area contributed by atoms with Crippen molar-refractivity contribution in [2.24, 2.45) is 0 Å². The van der Waals surface area contributed by atoms with E-state index in [1.165, 1.54) is 12.1 Å².